The van der Waals surface area contributed by atoms with Gasteiger partial charge < -0.3 is 15.0 Å². The summed E-state index contributed by atoms with van der Waals surface area (Å²) >= 11 is 13.0. The average Bonchev–Trinajstić information content (AvgIpc) is 2.99. The van der Waals surface area contributed by atoms with E-state index in [-0.39, 0.29) is 44.2 Å². The Bertz CT molecular complexity index is 1470. The molecule has 0 radical (unpaired) electrons. The van der Waals surface area contributed by atoms with Crippen LogP contribution in [0.15, 0.2) is 72.8 Å². The molecule has 0 aliphatic rings. The van der Waals surface area contributed by atoms with Crippen molar-refractivity contribution in [3.8, 4) is 5.75 Å². The first-order valence-corrected chi connectivity index (χ1v) is 17.4. The summed E-state index contributed by atoms with van der Waals surface area (Å²) < 4.78 is 32.6. The molecule has 0 spiro atoms. The van der Waals surface area contributed by atoms with Crippen LogP contribution in [0.4, 0.5) is 5.69 Å². The molecular weight excluding hydrogens is 621 g/mol. The molecule has 2 amide bonds. The number of rotatable bonds is 17. The van der Waals surface area contributed by atoms with Gasteiger partial charge in [-0.2, -0.15) is 0 Å². The minimum Gasteiger partial charge on any atom is -0.492 e. The number of para-hydroxylation sites is 2. The Kier molecular flexibility index (Phi) is 13.8. The molecule has 1 N–H and O–H groups in total. The van der Waals surface area contributed by atoms with Gasteiger partial charge in [0.05, 0.1) is 18.6 Å². The van der Waals surface area contributed by atoms with Gasteiger partial charge in [0.25, 0.3) is 0 Å². The number of nitrogens with one attached hydrogen (secondary N) is 1. The van der Waals surface area contributed by atoms with E-state index in [0.717, 1.165) is 24.7 Å². The molecule has 0 aromatic heterocycles. The SMILES string of the molecule is CCCCNC(=O)[C@H](Cc1ccccc1)N(Cc1c(Cl)cccc1Cl)C(=O)CCCN(c1ccccc1OCC)S(C)(=O)=O. The summed E-state index contributed by atoms with van der Waals surface area (Å²) in [5, 5.41) is 3.76. The molecular formula is C33H41Cl2N3O5S. The van der Waals surface area contributed by atoms with Gasteiger partial charge in [0.1, 0.15) is 11.8 Å². The molecule has 1 atom stereocenters. The lowest BCUT2D eigenvalue weighted by Gasteiger charge is -2.32. The van der Waals surface area contributed by atoms with Crippen LogP contribution in [0.25, 0.3) is 0 Å². The van der Waals surface area contributed by atoms with Crippen molar-refractivity contribution in [1.82, 2.24) is 10.2 Å². The van der Waals surface area contributed by atoms with E-state index in [1.54, 1.807) is 42.5 Å². The summed E-state index contributed by atoms with van der Waals surface area (Å²) in [6, 6.07) is 20.7. The number of hydrogen-bond donors (Lipinski definition) is 1. The lowest BCUT2D eigenvalue weighted by Crippen LogP contribution is -2.50. The van der Waals surface area contributed by atoms with Crippen molar-refractivity contribution in [2.24, 2.45) is 0 Å². The molecule has 0 aliphatic heterocycles. The third kappa shape index (κ3) is 10.1. The van der Waals surface area contributed by atoms with E-state index in [9.17, 15) is 18.0 Å². The van der Waals surface area contributed by atoms with Gasteiger partial charge in [0, 0.05) is 48.1 Å². The van der Waals surface area contributed by atoms with Gasteiger partial charge >= 0.3 is 0 Å². The number of sulfonamides is 1. The van der Waals surface area contributed by atoms with Gasteiger partial charge in [-0.1, -0.05) is 85.1 Å². The predicted octanol–water partition coefficient (Wildman–Crippen LogP) is 6.49. The molecule has 44 heavy (non-hydrogen) atoms. The smallest absolute Gasteiger partial charge is 0.243 e. The monoisotopic (exact) mass is 661 g/mol. The molecule has 0 bridgehead atoms. The van der Waals surface area contributed by atoms with Gasteiger partial charge in [-0.3, -0.25) is 13.9 Å². The van der Waals surface area contributed by atoms with Crippen LogP contribution in [-0.4, -0.2) is 57.1 Å². The molecule has 0 saturated carbocycles. The number of carbonyl (C=O) groups is 2. The maximum Gasteiger partial charge on any atom is 0.243 e. The van der Waals surface area contributed by atoms with Crippen LogP contribution in [0, 0.1) is 0 Å². The zero-order valence-electron chi connectivity index (χ0n) is 25.5. The zero-order valence-corrected chi connectivity index (χ0v) is 27.8. The number of anilines is 1. The Morgan fingerprint density at radius 3 is 2.20 bits per heavy atom. The maximum absolute atomic E-state index is 14.0. The summed E-state index contributed by atoms with van der Waals surface area (Å²) in [7, 11) is -3.69. The number of hydrogen-bond acceptors (Lipinski definition) is 5. The van der Waals surface area contributed by atoms with Crippen LogP contribution in [0.2, 0.25) is 10.0 Å². The molecule has 8 nitrogen and oxygen atoms in total. The first-order chi connectivity index (χ1) is 21.1. The standard InChI is InChI=1S/C33H41Cl2N3O5S/c1-4-6-21-36-33(40)30(23-25-14-8-7-9-15-25)37(24-26-27(34)16-12-17-28(26)35)32(39)20-13-22-38(44(3,41)42)29-18-10-11-19-31(29)43-5-2/h7-12,14-19,30H,4-6,13,20-24H2,1-3H3,(H,36,40)/t30-/m0/s1. The van der Waals surface area contributed by atoms with Crippen LogP contribution in [-0.2, 0) is 32.6 Å². The Balaban J connectivity index is 1.93. The van der Waals surface area contributed by atoms with Crippen LogP contribution in [0.1, 0.15) is 50.7 Å². The fraction of sp³-hybridized carbons (Fsp3) is 0.394. The van der Waals surface area contributed by atoms with Crippen LogP contribution >= 0.6 is 23.2 Å². The molecule has 0 heterocycles. The summed E-state index contributed by atoms with van der Waals surface area (Å²) in [6.07, 6.45) is 3.31. The Morgan fingerprint density at radius 2 is 1.57 bits per heavy atom. The van der Waals surface area contributed by atoms with Gasteiger partial charge in [-0.05, 0) is 49.6 Å². The van der Waals surface area contributed by atoms with E-state index in [2.05, 4.69) is 5.32 Å². The number of unbranched alkanes of at least 4 members (excludes halogenated alkanes) is 1. The second kappa shape index (κ2) is 17.3. The quantitative estimate of drug-likeness (QED) is 0.167. The number of ether oxygens (including phenoxy) is 1. The lowest BCUT2D eigenvalue weighted by molar-refractivity contribution is -0.141. The third-order valence-corrected chi connectivity index (χ3v) is 8.96. The minimum atomic E-state index is -3.69. The molecule has 3 rings (SSSR count). The van der Waals surface area contributed by atoms with Gasteiger partial charge in [0.2, 0.25) is 21.8 Å². The Labute approximate surface area is 271 Å². The fourth-order valence-corrected chi connectivity index (χ4v) is 6.32. The van der Waals surface area contributed by atoms with Gasteiger partial charge in [-0.15, -0.1) is 0 Å². The minimum absolute atomic E-state index is 0.0129. The second-order valence-corrected chi connectivity index (χ2v) is 13.1. The van der Waals surface area contributed by atoms with E-state index in [1.807, 2.05) is 44.2 Å². The fourth-order valence-electron chi connectivity index (χ4n) is 4.84. The predicted molar refractivity (Wildman–Crippen MR) is 178 cm³/mol. The van der Waals surface area contributed by atoms with Crippen molar-refractivity contribution < 1.29 is 22.7 Å². The number of benzene rings is 3. The van der Waals surface area contributed by atoms with Crippen molar-refractivity contribution >= 4 is 50.7 Å². The van der Waals surface area contributed by atoms with Crippen molar-refractivity contribution in [1.29, 1.82) is 0 Å². The molecule has 3 aromatic carbocycles. The number of nitrogens with zero attached hydrogens (tertiary/aromatic N) is 2. The van der Waals surface area contributed by atoms with Crippen molar-refractivity contribution in [3.05, 3.63) is 94.0 Å². The van der Waals surface area contributed by atoms with E-state index >= 15 is 0 Å². The first-order valence-electron chi connectivity index (χ1n) is 14.8. The molecule has 0 unspecified atom stereocenters. The Hall–Kier alpha value is -3.27. The highest BCUT2D eigenvalue weighted by molar-refractivity contribution is 7.92. The molecule has 3 aromatic rings. The van der Waals surface area contributed by atoms with E-state index < -0.39 is 16.1 Å². The molecule has 238 valence electrons. The number of amides is 2. The summed E-state index contributed by atoms with van der Waals surface area (Å²) in [5.41, 5.74) is 1.83. The summed E-state index contributed by atoms with van der Waals surface area (Å²) in [5.74, 6) is -0.158. The van der Waals surface area contributed by atoms with E-state index in [0.29, 0.717) is 40.2 Å². The molecule has 11 heteroatoms. The Morgan fingerprint density at radius 1 is 0.909 bits per heavy atom. The second-order valence-electron chi connectivity index (χ2n) is 10.4. The molecule has 0 aliphatic carbocycles. The normalized spacial score (nSPS) is 11.9. The topological polar surface area (TPSA) is 96.0 Å². The average molecular weight is 663 g/mol. The summed E-state index contributed by atoms with van der Waals surface area (Å²) in [6.45, 7) is 4.77. The van der Waals surface area contributed by atoms with E-state index in [4.69, 9.17) is 27.9 Å². The van der Waals surface area contributed by atoms with Crippen molar-refractivity contribution in [2.45, 2.75) is 58.5 Å². The van der Waals surface area contributed by atoms with Crippen molar-refractivity contribution in [3.63, 3.8) is 0 Å². The highest BCUT2D eigenvalue weighted by Crippen LogP contribution is 2.31. The third-order valence-electron chi connectivity index (χ3n) is 7.08. The van der Waals surface area contributed by atoms with Gasteiger partial charge in [0.15, 0.2) is 0 Å². The first kappa shape index (κ1) is 35.2. The zero-order chi connectivity index (χ0) is 32.1. The van der Waals surface area contributed by atoms with Crippen molar-refractivity contribution in [2.75, 3.05) is 30.3 Å². The van der Waals surface area contributed by atoms with Crippen LogP contribution < -0.4 is 14.4 Å². The molecule has 0 fully saturated rings. The highest BCUT2D eigenvalue weighted by atomic mass is 35.5. The van der Waals surface area contributed by atoms with Crippen LogP contribution in [0.5, 0.6) is 5.75 Å². The highest BCUT2D eigenvalue weighted by Gasteiger charge is 2.31. The summed E-state index contributed by atoms with van der Waals surface area (Å²) in [4.78, 5) is 29.2. The van der Waals surface area contributed by atoms with Gasteiger partial charge in [-0.25, -0.2) is 8.42 Å². The molecule has 0 saturated heterocycles. The van der Waals surface area contributed by atoms with Crippen LogP contribution in [0.3, 0.4) is 0 Å². The lowest BCUT2D eigenvalue weighted by atomic mass is 10.0. The largest absolute Gasteiger partial charge is 0.492 e. The number of halogens is 2. The number of carbonyl (C=O) groups excluding carboxylic acids is 2. The van der Waals surface area contributed by atoms with E-state index in [1.165, 1.54) is 9.21 Å². The maximum atomic E-state index is 14.0.